The van der Waals surface area contributed by atoms with E-state index in [4.69, 9.17) is 16.7 Å². The van der Waals surface area contributed by atoms with Crippen molar-refractivity contribution in [3.05, 3.63) is 16.4 Å². The summed E-state index contributed by atoms with van der Waals surface area (Å²) in [5, 5.41) is 13.8. The summed E-state index contributed by atoms with van der Waals surface area (Å²) < 4.78 is 1.74. The Morgan fingerprint density at radius 3 is 2.54 bits per heavy atom. The summed E-state index contributed by atoms with van der Waals surface area (Å²) in [7, 11) is 0. The molecule has 0 fully saturated rings. The lowest BCUT2D eigenvalue weighted by Crippen LogP contribution is -2.06. The van der Waals surface area contributed by atoms with E-state index in [9.17, 15) is 0 Å². The van der Waals surface area contributed by atoms with Gasteiger partial charge in [-0.15, -0.1) is 0 Å². The lowest BCUT2D eigenvalue weighted by atomic mass is 10.2. The third-order valence-electron chi connectivity index (χ3n) is 1.88. The molecule has 3 nitrogen and oxygen atoms in total. The highest BCUT2D eigenvalue weighted by molar-refractivity contribution is 6.30. The molecule has 0 aliphatic rings. The molecule has 4 heteroatoms. The van der Waals surface area contributed by atoms with Crippen LogP contribution in [0.15, 0.2) is 0 Å². The SMILES string of the molecule is Cc1nn(CC(C)C)c(Cl)c1CO. The Morgan fingerprint density at radius 2 is 2.15 bits per heavy atom. The van der Waals surface area contributed by atoms with Crippen LogP contribution in [-0.2, 0) is 13.2 Å². The molecule has 0 saturated heterocycles. The van der Waals surface area contributed by atoms with Crippen LogP contribution in [0.5, 0.6) is 0 Å². The molecular weight excluding hydrogens is 188 g/mol. The maximum Gasteiger partial charge on any atom is 0.132 e. The molecule has 0 saturated carbocycles. The van der Waals surface area contributed by atoms with Gasteiger partial charge in [-0.1, -0.05) is 25.4 Å². The van der Waals surface area contributed by atoms with E-state index < -0.39 is 0 Å². The van der Waals surface area contributed by atoms with Gasteiger partial charge in [-0.3, -0.25) is 4.68 Å². The molecule has 0 aliphatic carbocycles. The lowest BCUT2D eigenvalue weighted by molar-refractivity contribution is 0.281. The fourth-order valence-corrected chi connectivity index (χ4v) is 1.54. The van der Waals surface area contributed by atoms with Gasteiger partial charge in [0, 0.05) is 12.1 Å². The molecule has 0 unspecified atom stereocenters. The number of rotatable bonds is 3. The number of halogens is 1. The van der Waals surface area contributed by atoms with E-state index in [1.165, 1.54) is 0 Å². The van der Waals surface area contributed by atoms with Crippen molar-refractivity contribution in [2.45, 2.75) is 33.9 Å². The molecule has 13 heavy (non-hydrogen) atoms. The van der Waals surface area contributed by atoms with Gasteiger partial charge in [0.05, 0.1) is 12.3 Å². The highest BCUT2D eigenvalue weighted by atomic mass is 35.5. The van der Waals surface area contributed by atoms with Crippen LogP contribution in [0.25, 0.3) is 0 Å². The minimum atomic E-state index is -0.0389. The monoisotopic (exact) mass is 202 g/mol. The van der Waals surface area contributed by atoms with Crippen LogP contribution in [0.4, 0.5) is 0 Å². The Morgan fingerprint density at radius 1 is 1.54 bits per heavy atom. The van der Waals surface area contributed by atoms with Crippen molar-refractivity contribution in [2.75, 3.05) is 0 Å². The molecule has 1 aromatic heterocycles. The first-order chi connectivity index (χ1) is 6.06. The number of aliphatic hydroxyl groups excluding tert-OH is 1. The number of hydrogen-bond donors (Lipinski definition) is 1. The van der Waals surface area contributed by atoms with E-state index in [-0.39, 0.29) is 6.61 Å². The second-order valence-electron chi connectivity index (χ2n) is 3.59. The molecule has 0 aromatic carbocycles. The molecule has 0 amide bonds. The van der Waals surface area contributed by atoms with Crippen LogP contribution < -0.4 is 0 Å². The molecule has 0 atom stereocenters. The van der Waals surface area contributed by atoms with Gasteiger partial charge in [0.25, 0.3) is 0 Å². The zero-order chi connectivity index (χ0) is 10.0. The van der Waals surface area contributed by atoms with E-state index in [0.29, 0.717) is 11.1 Å². The normalized spacial score (nSPS) is 11.2. The predicted octanol–water partition coefficient (Wildman–Crippen LogP) is 1.99. The van der Waals surface area contributed by atoms with Crippen molar-refractivity contribution < 1.29 is 5.11 Å². The first-order valence-corrected chi connectivity index (χ1v) is 4.76. The van der Waals surface area contributed by atoms with Crippen LogP contribution in [-0.4, -0.2) is 14.9 Å². The summed E-state index contributed by atoms with van der Waals surface area (Å²) >= 11 is 6.01. The maximum atomic E-state index is 9.01. The van der Waals surface area contributed by atoms with E-state index >= 15 is 0 Å². The van der Waals surface area contributed by atoms with Crippen LogP contribution in [0.2, 0.25) is 5.15 Å². The zero-order valence-electron chi connectivity index (χ0n) is 8.21. The van der Waals surface area contributed by atoms with Gasteiger partial charge < -0.3 is 5.11 Å². The van der Waals surface area contributed by atoms with Gasteiger partial charge >= 0.3 is 0 Å². The summed E-state index contributed by atoms with van der Waals surface area (Å²) in [6.45, 7) is 6.81. The molecule has 0 spiro atoms. The van der Waals surface area contributed by atoms with Crippen molar-refractivity contribution in [1.82, 2.24) is 9.78 Å². The molecule has 74 valence electrons. The molecule has 0 radical (unpaired) electrons. The molecule has 1 aromatic rings. The average molecular weight is 203 g/mol. The largest absolute Gasteiger partial charge is 0.391 e. The number of aromatic nitrogens is 2. The smallest absolute Gasteiger partial charge is 0.132 e. The second kappa shape index (κ2) is 4.11. The minimum absolute atomic E-state index is 0.0389. The summed E-state index contributed by atoms with van der Waals surface area (Å²) in [5.74, 6) is 0.503. The maximum absolute atomic E-state index is 9.01. The summed E-state index contributed by atoms with van der Waals surface area (Å²) in [6.07, 6.45) is 0. The number of aryl methyl sites for hydroxylation is 1. The molecule has 0 aliphatic heterocycles. The Balaban J connectivity index is 2.96. The average Bonchev–Trinajstić information content (AvgIpc) is 2.26. The quantitative estimate of drug-likeness (QED) is 0.814. The Labute approximate surface area is 83.3 Å². The van der Waals surface area contributed by atoms with Gasteiger partial charge in [-0.2, -0.15) is 5.10 Å². The Hall–Kier alpha value is -0.540. The van der Waals surface area contributed by atoms with E-state index in [0.717, 1.165) is 17.8 Å². The van der Waals surface area contributed by atoms with E-state index in [1.54, 1.807) is 4.68 Å². The first kappa shape index (κ1) is 10.5. The van der Waals surface area contributed by atoms with Crippen molar-refractivity contribution in [2.24, 2.45) is 5.92 Å². The highest BCUT2D eigenvalue weighted by Gasteiger charge is 2.12. The number of aliphatic hydroxyl groups is 1. The van der Waals surface area contributed by atoms with Gasteiger partial charge in [-0.25, -0.2) is 0 Å². The topological polar surface area (TPSA) is 38.0 Å². The molecule has 0 bridgehead atoms. The van der Waals surface area contributed by atoms with Crippen molar-refractivity contribution in [3.63, 3.8) is 0 Å². The summed E-state index contributed by atoms with van der Waals surface area (Å²) in [5.41, 5.74) is 1.55. The van der Waals surface area contributed by atoms with Gasteiger partial charge in [0.15, 0.2) is 0 Å². The van der Waals surface area contributed by atoms with Gasteiger partial charge in [0.1, 0.15) is 5.15 Å². The van der Waals surface area contributed by atoms with Crippen LogP contribution in [0, 0.1) is 12.8 Å². The third-order valence-corrected chi connectivity index (χ3v) is 2.30. The second-order valence-corrected chi connectivity index (χ2v) is 3.95. The van der Waals surface area contributed by atoms with Crippen LogP contribution in [0.1, 0.15) is 25.1 Å². The number of nitrogens with zero attached hydrogens (tertiary/aromatic N) is 2. The fraction of sp³-hybridized carbons (Fsp3) is 0.667. The van der Waals surface area contributed by atoms with Gasteiger partial charge in [0.2, 0.25) is 0 Å². The van der Waals surface area contributed by atoms with Crippen molar-refractivity contribution >= 4 is 11.6 Å². The van der Waals surface area contributed by atoms with Crippen LogP contribution >= 0.6 is 11.6 Å². The Kier molecular flexibility index (Phi) is 3.33. The summed E-state index contributed by atoms with van der Waals surface area (Å²) in [6, 6.07) is 0. The fourth-order valence-electron chi connectivity index (χ4n) is 1.24. The molecule has 1 N–H and O–H groups in total. The van der Waals surface area contributed by atoms with Crippen molar-refractivity contribution in [1.29, 1.82) is 0 Å². The summed E-state index contributed by atoms with van der Waals surface area (Å²) in [4.78, 5) is 0. The third kappa shape index (κ3) is 2.23. The van der Waals surface area contributed by atoms with E-state index in [1.807, 2.05) is 6.92 Å². The minimum Gasteiger partial charge on any atom is -0.391 e. The molecular formula is C9H15ClN2O. The first-order valence-electron chi connectivity index (χ1n) is 4.39. The predicted molar refractivity (Wildman–Crippen MR) is 52.7 cm³/mol. The standard InChI is InChI=1S/C9H15ClN2O/c1-6(2)4-12-9(10)8(5-13)7(3)11-12/h6,13H,4-5H2,1-3H3. The van der Waals surface area contributed by atoms with E-state index in [2.05, 4.69) is 18.9 Å². The lowest BCUT2D eigenvalue weighted by Gasteiger charge is -2.05. The molecule has 1 heterocycles. The molecule has 1 rings (SSSR count). The van der Waals surface area contributed by atoms with Gasteiger partial charge in [-0.05, 0) is 12.8 Å². The van der Waals surface area contributed by atoms with Crippen molar-refractivity contribution in [3.8, 4) is 0 Å². The van der Waals surface area contributed by atoms with Crippen LogP contribution in [0.3, 0.4) is 0 Å². The highest BCUT2D eigenvalue weighted by Crippen LogP contribution is 2.20. The Bertz CT molecular complexity index is 294. The zero-order valence-corrected chi connectivity index (χ0v) is 8.97. The number of hydrogen-bond acceptors (Lipinski definition) is 2.